The first kappa shape index (κ1) is 17.7. The molecule has 0 saturated heterocycles. The molecule has 0 unspecified atom stereocenters. The van der Waals surface area contributed by atoms with E-state index in [1.165, 1.54) is 25.2 Å². The normalized spacial score (nSPS) is 12.4. The number of ether oxygens (including phenoxy) is 1. The second kappa shape index (κ2) is 6.00. The van der Waals surface area contributed by atoms with Crippen LogP contribution in [0.3, 0.4) is 0 Å². The predicted molar refractivity (Wildman–Crippen MR) is 70.8 cm³/mol. The molecule has 3 rings (SSSR count). The second-order valence-electron chi connectivity index (χ2n) is 4.87. The van der Waals surface area contributed by atoms with Crippen molar-refractivity contribution in [3.63, 3.8) is 0 Å². The minimum absolute atomic E-state index is 0.125. The first-order chi connectivity index (χ1) is 12.0. The molecule has 138 valence electrons. The van der Waals surface area contributed by atoms with Gasteiger partial charge in [0.15, 0.2) is 5.69 Å². The molecular weight excluding hydrogens is 372 g/mol. The van der Waals surface area contributed by atoms with Gasteiger partial charge >= 0.3 is 18.2 Å². The summed E-state index contributed by atoms with van der Waals surface area (Å²) in [6, 6.07) is 4.57. The Hall–Kier alpha value is -3.12. The molecule has 0 bridgehead atoms. The van der Waals surface area contributed by atoms with E-state index in [0.717, 1.165) is 4.68 Å². The molecule has 0 fully saturated rings. The Balaban J connectivity index is 1.87. The SMILES string of the molecule is Cn1nc(C(F)(F)F)cc1Oc1cccc(-c2noc(C(F)(F)F)n2)n1. The summed E-state index contributed by atoms with van der Waals surface area (Å²) in [5, 5.41) is 6.43. The molecular formula is C13H7F6N5O2. The third-order valence-corrected chi connectivity index (χ3v) is 2.96. The number of alkyl halides is 6. The number of hydrogen-bond donors (Lipinski definition) is 0. The number of aryl methyl sites for hydroxylation is 1. The van der Waals surface area contributed by atoms with Crippen molar-refractivity contribution in [2.24, 2.45) is 7.05 Å². The zero-order valence-corrected chi connectivity index (χ0v) is 12.6. The first-order valence-corrected chi connectivity index (χ1v) is 6.71. The standard InChI is InChI=1S/C13H7F6N5O2/c1-24-9(5-7(22-24)12(14,15)16)25-8-4-2-3-6(20-8)10-21-11(26-23-10)13(17,18)19/h2-5H,1H3. The molecule has 0 spiro atoms. The number of rotatable bonds is 3. The monoisotopic (exact) mass is 379 g/mol. The smallest absolute Gasteiger partial charge is 0.421 e. The fourth-order valence-electron chi connectivity index (χ4n) is 1.83. The molecule has 3 aromatic heterocycles. The summed E-state index contributed by atoms with van der Waals surface area (Å²) in [6.07, 6.45) is -9.48. The van der Waals surface area contributed by atoms with E-state index >= 15 is 0 Å². The second-order valence-corrected chi connectivity index (χ2v) is 4.87. The zero-order chi connectivity index (χ0) is 19.1. The molecule has 3 heterocycles. The minimum atomic E-state index is -4.82. The highest BCUT2D eigenvalue weighted by Gasteiger charge is 2.38. The Morgan fingerprint density at radius 3 is 2.35 bits per heavy atom. The summed E-state index contributed by atoms with van der Waals surface area (Å²) >= 11 is 0. The molecule has 0 N–H and O–H groups in total. The molecule has 0 radical (unpaired) electrons. The maximum absolute atomic E-state index is 12.6. The summed E-state index contributed by atoms with van der Waals surface area (Å²) in [4.78, 5) is 7.02. The van der Waals surface area contributed by atoms with Gasteiger partial charge in [-0.1, -0.05) is 11.2 Å². The van der Waals surface area contributed by atoms with Crippen LogP contribution < -0.4 is 4.74 Å². The fraction of sp³-hybridized carbons (Fsp3) is 0.231. The van der Waals surface area contributed by atoms with Gasteiger partial charge in [0.25, 0.3) is 0 Å². The lowest BCUT2D eigenvalue weighted by Gasteiger charge is -2.04. The molecule has 26 heavy (non-hydrogen) atoms. The van der Waals surface area contributed by atoms with Crippen molar-refractivity contribution in [2.75, 3.05) is 0 Å². The number of hydrogen-bond acceptors (Lipinski definition) is 6. The van der Waals surface area contributed by atoms with E-state index in [4.69, 9.17) is 4.74 Å². The topological polar surface area (TPSA) is 78.9 Å². The van der Waals surface area contributed by atoms with Gasteiger partial charge in [-0.15, -0.1) is 0 Å². The van der Waals surface area contributed by atoms with Gasteiger partial charge in [0, 0.05) is 19.2 Å². The van der Waals surface area contributed by atoms with E-state index in [1.807, 2.05) is 0 Å². The number of aromatic nitrogens is 5. The maximum atomic E-state index is 12.6. The van der Waals surface area contributed by atoms with E-state index in [9.17, 15) is 26.3 Å². The van der Waals surface area contributed by atoms with Gasteiger partial charge in [-0.05, 0) is 6.07 Å². The molecule has 0 saturated carbocycles. The van der Waals surface area contributed by atoms with E-state index in [1.54, 1.807) is 0 Å². The maximum Gasteiger partial charge on any atom is 0.471 e. The van der Waals surface area contributed by atoms with Crippen LogP contribution in [0.4, 0.5) is 26.3 Å². The molecule has 13 heteroatoms. The third kappa shape index (κ3) is 3.60. The van der Waals surface area contributed by atoms with Crippen molar-refractivity contribution < 1.29 is 35.6 Å². The van der Waals surface area contributed by atoms with Gasteiger partial charge in [-0.25, -0.2) is 9.67 Å². The van der Waals surface area contributed by atoms with Gasteiger partial charge in [0.2, 0.25) is 17.6 Å². The Morgan fingerprint density at radius 2 is 1.77 bits per heavy atom. The molecule has 0 atom stereocenters. The van der Waals surface area contributed by atoms with Gasteiger partial charge < -0.3 is 9.26 Å². The fourth-order valence-corrected chi connectivity index (χ4v) is 1.83. The van der Waals surface area contributed by atoms with Crippen LogP contribution in [-0.4, -0.2) is 24.9 Å². The molecule has 0 amide bonds. The van der Waals surface area contributed by atoms with Crippen LogP contribution in [-0.2, 0) is 19.4 Å². The summed E-state index contributed by atoms with van der Waals surface area (Å²) in [5.41, 5.74) is -1.29. The van der Waals surface area contributed by atoms with Crippen molar-refractivity contribution in [3.05, 3.63) is 35.9 Å². The quantitative estimate of drug-likeness (QED) is 0.646. The van der Waals surface area contributed by atoms with E-state index in [2.05, 4.69) is 24.7 Å². The average Bonchev–Trinajstić information content (AvgIpc) is 3.15. The lowest BCUT2D eigenvalue weighted by atomic mass is 10.3. The highest BCUT2D eigenvalue weighted by molar-refractivity contribution is 5.49. The van der Waals surface area contributed by atoms with Crippen LogP contribution in [0.2, 0.25) is 0 Å². The predicted octanol–water partition coefficient (Wildman–Crippen LogP) is 3.70. The van der Waals surface area contributed by atoms with Gasteiger partial charge in [-0.3, -0.25) is 0 Å². The zero-order valence-electron chi connectivity index (χ0n) is 12.6. The third-order valence-electron chi connectivity index (χ3n) is 2.96. The van der Waals surface area contributed by atoms with Gasteiger partial charge in [-0.2, -0.15) is 36.4 Å². The number of pyridine rings is 1. The Bertz CT molecular complexity index is 930. The highest BCUT2D eigenvalue weighted by atomic mass is 19.4. The molecule has 0 aliphatic heterocycles. The number of halogens is 6. The van der Waals surface area contributed by atoms with Crippen LogP contribution in [0.1, 0.15) is 11.6 Å². The molecule has 0 aliphatic carbocycles. The van der Waals surface area contributed by atoms with Gasteiger partial charge in [0.05, 0.1) is 0 Å². The van der Waals surface area contributed by atoms with Gasteiger partial charge in [0.1, 0.15) is 5.69 Å². The van der Waals surface area contributed by atoms with E-state index in [0.29, 0.717) is 6.07 Å². The minimum Gasteiger partial charge on any atom is -0.421 e. The highest BCUT2D eigenvalue weighted by Crippen LogP contribution is 2.32. The largest absolute Gasteiger partial charge is 0.471 e. The van der Waals surface area contributed by atoms with E-state index < -0.39 is 29.8 Å². The Kier molecular flexibility index (Phi) is 4.08. The van der Waals surface area contributed by atoms with Crippen molar-refractivity contribution >= 4 is 0 Å². The molecule has 0 aromatic carbocycles. The van der Waals surface area contributed by atoms with Crippen LogP contribution in [0.5, 0.6) is 11.8 Å². The lowest BCUT2D eigenvalue weighted by Crippen LogP contribution is -2.06. The molecule has 3 aromatic rings. The summed E-state index contributed by atoms with van der Waals surface area (Å²) in [7, 11) is 1.23. The van der Waals surface area contributed by atoms with Crippen molar-refractivity contribution in [1.29, 1.82) is 0 Å². The summed E-state index contributed by atoms with van der Waals surface area (Å²) < 4.78 is 85.5. The lowest BCUT2D eigenvalue weighted by molar-refractivity contribution is -0.159. The summed E-state index contributed by atoms with van der Waals surface area (Å²) in [5.74, 6) is -2.48. The Morgan fingerprint density at radius 1 is 1.04 bits per heavy atom. The Labute approximate surface area is 140 Å². The molecule has 7 nitrogen and oxygen atoms in total. The van der Waals surface area contributed by atoms with Crippen molar-refractivity contribution in [2.45, 2.75) is 12.4 Å². The summed E-state index contributed by atoms with van der Waals surface area (Å²) in [6.45, 7) is 0. The average molecular weight is 379 g/mol. The van der Waals surface area contributed by atoms with Crippen LogP contribution >= 0.6 is 0 Å². The first-order valence-electron chi connectivity index (χ1n) is 6.71. The van der Waals surface area contributed by atoms with E-state index in [-0.39, 0.29) is 17.5 Å². The van der Waals surface area contributed by atoms with Crippen LogP contribution in [0.25, 0.3) is 11.5 Å². The van der Waals surface area contributed by atoms with Crippen molar-refractivity contribution in [1.82, 2.24) is 24.9 Å². The van der Waals surface area contributed by atoms with Crippen LogP contribution in [0, 0.1) is 0 Å². The van der Waals surface area contributed by atoms with Crippen LogP contribution in [0.15, 0.2) is 28.8 Å². The molecule has 0 aliphatic rings. The van der Waals surface area contributed by atoms with Crippen molar-refractivity contribution in [3.8, 4) is 23.3 Å². The number of nitrogens with zero attached hydrogens (tertiary/aromatic N) is 5.